The van der Waals surface area contributed by atoms with E-state index in [0.29, 0.717) is 24.9 Å². The lowest BCUT2D eigenvalue weighted by Crippen LogP contribution is -2.47. The Bertz CT molecular complexity index is 1120. The molecule has 1 saturated heterocycles. The normalized spacial score (nSPS) is 20.7. The molecule has 1 N–H and O–H groups in total. The number of hydrogen-bond acceptors (Lipinski definition) is 4. The Balaban J connectivity index is 1.26. The van der Waals surface area contributed by atoms with Crippen molar-refractivity contribution in [3.05, 3.63) is 93.9 Å². The topological polar surface area (TPSA) is 57.2 Å². The number of piperidine rings is 1. The number of pyridine rings is 1. The molecule has 0 amide bonds. The third-order valence-corrected chi connectivity index (χ3v) is 6.65. The summed E-state index contributed by atoms with van der Waals surface area (Å²) in [4.78, 5) is 25.4. The van der Waals surface area contributed by atoms with E-state index in [-0.39, 0.29) is 5.56 Å². The summed E-state index contributed by atoms with van der Waals surface area (Å²) in [6.45, 7) is 5.20. The molecule has 1 fully saturated rings. The van der Waals surface area contributed by atoms with Crippen LogP contribution in [0, 0.1) is 5.92 Å². The molecule has 2 atom stereocenters. The molecular weight excluding hydrogens is 398 g/mol. The first-order valence-corrected chi connectivity index (χ1v) is 11.5. The van der Waals surface area contributed by atoms with Crippen molar-refractivity contribution in [3.8, 4) is 0 Å². The maximum absolute atomic E-state index is 13.3. The summed E-state index contributed by atoms with van der Waals surface area (Å²) in [6, 6.07) is 14.7. The summed E-state index contributed by atoms with van der Waals surface area (Å²) >= 11 is 0. The predicted molar refractivity (Wildman–Crippen MR) is 127 cm³/mol. The standard InChI is InChI=1S/C26H31N5O/c1-29(19-25-27-11-12-28-25)17-22-9-10-24-23-14-21(16-31(24)26(22)32)15-30(18-23)13-5-8-20-6-3-2-4-7-20/h2-12,21,23H,13-19H2,1H3,(H,27,28)/b8-5+/t21-,23+/m0/s1. The van der Waals surface area contributed by atoms with E-state index in [1.165, 1.54) is 17.7 Å². The van der Waals surface area contributed by atoms with Crippen LogP contribution in [0.5, 0.6) is 0 Å². The lowest BCUT2D eigenvalue weighted by Gasteiger charge is -2.42. The third-order valence-electron chi connectivity index (χ3n) is 6.65. The third kappa shape index (κ3) is 4.61. The molecule has 32 heavy (non-hydrogen) atoms. The molecule has 2 aromatic heterocycles. The van der Waals surface area contributed by atoms with Crippen molar-refractivity contribution in [2.45, 2.75) is 32.0 Å². The molecule has 4 heterocycles. The first kappa shape index (κ1) is 20.9. The molecule has 6 heteroatoms. The number of nitrogens with zero attached hydrogens (tertiary/aromatic N) is 4. The number of aromatic nitrogens is 3. The van der Waals surface area contributed by atoms with Gasteiger partial charge in [-0.05, 0) is 31.0 Å². The summed E-state index contributed by atoms with van der Waals surface area (Å²) in [5.74, 6) is 1.90. The van der Waals surface area contributed by atoms with Crippen LogP contribution in [-0.4, -0.2) is 51.0 Å². The largest absolute Gasteiger partial charge is 0.348 e. The quantitative estimate of drug-likeness (QED) is 0.626. The Morgan fingerprint density at radius 3 is 2.81 bits per heavy atom. The highest BCUT2D eigenvalue weighted by atomic mass is 16.1. The fourth-order valence-corrected chi connectivity index (χ4v) is 5.25. The molecule has 3 aromatic rings. The van der Waals surface area contributed by atoms with Crippen molar-refractivity contribution in [1.82, 2.24) is 24.3 Å². The maximum Gasteiger partial charge on any atom is 0.255 e. The highest BCUT2D eigenvalue weighted by Gasteiger charge is 2.34. The molecule has 166 valence electrons. The average Bonchev–Trinajstić information content (AvgIpc) is 3.30. The van der Waals surface area contributed by atoms with Crippen molar-refractivity contribution in [3.63, 3.8) is 0 Å². The van der Waals surface area contributed by atoms with Crippen molar-refractivity contribution >= 4 is 6.08 Å². The number of fused-ring (bicyclic) bond motifs is 4. The van der Waals surface area contributed by atoms with Crippen molar-refractivity contribution in [1.29, 1.82) is 0 Å². The molecule has 6 nitrogen and oxygen atoms in total. The van der Waals surface area contributed by atoms with Gasteiger partial charge < -0.3 is 9.55 Å². The van der Waals surface area contributed by atoms with Gasteiger partial charge in [0.2, 0.25) is 0 Å². The molecule has 0 radical (unpaired) electrons. The lowest BCUT2D eigenvalue weighted by molar-refractivity contribution is 0.131. The van der Waals surface area contributed by atoms with Crippen LogP contribution in [0.2, 0.25) is 0 Å². The van der Waals surface area contributed by atoms with E-state index in [1.807, 2.05) is 25.4 Å². The Labute approximate surface area is 189 Å². The highest BCUT2D eigenvalue weighted by Crippen LogP contribution is 2.35. The van der Waals surface area contributed by atoms with Gasteiger partial charge >= 0.3 is 0 Å². The summed E-state index contributed by atoms with van der Waals surface area (Å²) in [5.41, 5.74) is 3.50. The van der Waals surface area contributed by atoms with E-state index in [4.69, 9.17) is 0 Å². The van der Waals surface area contributed by atoms with Crippen LogP contribution < -0.4 is 5.56 Å². The molecule has 5 rings (SSSR count). The van der Waals surface area contributed by atoms with Crippen molar-refractivity contribution in [2.24, 2.45) is 5.92 Å². The minimum atomic E-state index is 0.181. The molecule has 2 aliphatic rings. The van der Waals surface area contributed by atoms with Crippen LogP contribution in [0.1, 0.15) is 35.0 Å². The monoisotopic (exact) mass is 429 g/mol. The minimum absolute atomic E-state index is 0.181. The van der Waals surface area contributed by atoms with Crippen LogP contribution in [0.15, 0.2) is 65.7 Å². The summed E-state index contributed by atoms with van der Waals surface area (Å²) in [6.07, 6.45) is 9.25. The predicted octanol–water partition coefficient (Wildman–Crippen LogP) is 3.34. The van der Waals surface area contributed by atoms with Gasteiger partial charge in [-0.2, -0.15) is 0 Å². The zero-order chi connectivity index (χ0) is 21.9. The Morgan fingerprint density at radius 2 is 2.00 bits per heavy atom. The number of nitrogens with one attached hydrogen (secondary N) is 1. The molecule has 0 spiro atoms. The fourth-order valence-electron chi connectivity index (χ4n) is 5.25. The molecule has 1 aromatic carbocycles. The number of benzene rings is 1. The molecule has 0 unspecified atom stereocenters. The first-order chi connectivity index (χ1) is 15.7. The zero-order valence-electron chi connectivity index (χ0n) is 18.7. The van der Waals surface area contributed by atoms with E-state index in [0.717, 1.165) is 37.6 Å². The van der Waals surface area contributed by atoms with Gasteiger partial charge in [0.15, 0.2) is 0 Å². The second-order valence-corrected chi connectivity index (χ2v) is 9.24. The van der Waals surface area contributed by atoms with Crippen molar-refractivity contribution < 1.29 is 0 Å². The second-order valence-electron chi connectivity index (χ2n) is 9.24. The molecule has 2 aliphatic heterocycles. The number of rotatable bonds is 7. The van der Waals surface area contributed by atoms with Crippen LogP contribution >= 0.6 is 0 Å². The maximum atomic E-state index is 13.3. The van der Waals surface area contributed by atoms with Crippen LogP contribution in [-0.2, 0) is 19.6 Å². The van der Waals surface area contributed by atoms with E-state index in [1.54, 1.807) is 6.20 Å². The lowest BCUT2D eigenvalue weighted by atomic mass is 9.83. The van der Waals surface area contributed by atoms with Crippen LogP contribution in [0.3, 0.4) is 0 Å². The number of hydrogen-bond donors (Lipinski definition) is 1. The van der Waals surface area contributed by atoms with E-state index < -0.39 is 0 Å². The van der Waals surface area contributed by atoms with Gasteiger partial charge in [-0.3, -0.25) is 14.6 Å². The van der Waals surface area contributed by atoms with Gasteiger partial charge in [-0.25, -0.2) is 4.98 Å². The van der Waals surface area contributed by atoms with Gasteiger partial charge in [0, 0.05) is 62.3 Å². The number of imidazole rings is 1. The molecule has 2 bridgehead atoms. The smallest absolute Gasteiger partial charge is 0.255 e. The van der Waals surface area contributed by atoms with Gasteiger partial charge in [0.25, 0.3) is 5.56 Å². The summed E-state index contributed by atoms with van der Waals surface area (Å²) in [7, 11) is 2.03. The summed E-state index contributed by atoms with van der Waals surface area (Å²) < 4.78 is 2.06. The number of H-pyrrole nitrogens is 1. The SMILES string of the molecule is CN(Cc1ncc[nH]1)Cc1ccc2n(c1=O)C[C@H]1C[C@@H]2CN(C/C=C/c2ccccc2)C1. The van der Waals surface area contributed by atoms with Gasteiger partial charge in [-0.15, -0.1) is 0 Å². The van der Waals surface area contributed by atoms with E-state index in [2.05, 4.69) is 66.8 Å². The number of likely N-dealkylation sites (tertiary alicyclic amines) is 1. The average molecular weight is 430 g/mol. The van der Waals surface area contributed by atoms with Gasteiger partial charge in [0.1, 0.15) is 5.82 Å². The minimum Gasteiger partial charge on any atom is -0.348 e. The van der Waals surface area contributed by atoms with Gasteiger partial charge in [-0.1, -0.05) is 48.6 Å². The first-order valence-electron chi connectivity index (χ1n) is 11.5. The highest BCUT2D eigenvalue weighted by molar-refractivity contribution is 5.48. The Morgan fingerprint density at radius 1 is 1.12 bits per heavy atom. The van der Waals surface area contributed by atoms with Crippen LogP contribution in [0.4, 0.5) is 0 Å². The Kier molecular flexibility index (Phi) is 6.06. The van der Waals surface area contributed by atoms with E-state index >= 15 is 0 Å². The summed E-state index contributed by atoms with van der Waals surface area (Å²) in [5, 5.41) is 0. The fraction of sp³-hybridized carbons (Fsp3) is 0.385. The molecule has 0 aliphatic carbocycles. The van der Waals surface area contributed by atoms with Crippen LogP contribution in [0.25, 0.3) is 6.08 Å². The molecular formula is C26H31N5O. The second kappa shape index (κ2) is 9.27. The zero-order valence-corrected chi connectivity index (χ0v) is 18.7. The van der Waals surface area contributed by atoms with Gasteiger partial charge in [0.05, 0.1) is 6.54 Å². The van der Waals surface area contributed by atoms with E-state index in [9.17, 15) is 4.79 Å². The molecule has 0 saturated carbocycles. The number of aromatic amines is 1. The Hall–Kier alpha value is -2.96. The van der Waals surface area contributed by atoms with Crippen molar-refractivity contribution in [2.75, 3.05) is 26.7 Å².